The molecule has 0 spiro atoms. The molecule has 5 rings (SSSR count). The van der Waals surface area contributed by atoms with Gasteiger partial charge in [-0.3, -0.25) is 4.79 Å². The lowest BCUT2D eigenvalue weighted by Gasteiger charge is -2.37. The third kappa shape index (κ3) is 5.10. The molecule has 36 heavy (non-hydrogen) atoms. The van der Waals surface area contributed by atoms with E-state index in [-0.39, 0.29) is 30.8 Å². The minimum atomic E-state index is -1.48. The smallest absolute Gasteiger partial charge is 0.319 e. The van der Waals surface area contributed by atoms with Gasteiger partial charge in [0.25, 0.3) is 5.91 Å². The summed E-state index contributed by atoms with van der Waals surface area (Å²) < 4.78 is 21.0. The molecule has 2 aliphatic heterocycles. The van der Waals surface area contributed by atoms with Gasteiger partial charge in [-0.25, -0.2) is 9.18 Å². The molecule has 2 heterocycles. The normalized spacial score (nSPS) is 21.3. The Hall–Kier alpha value is -3.37. The van der Waals surface area contributed by atoms with Crippen molar-refractivity contribution in [2.24, 2.45) is 0 Å². The molecule has 1 atom stereocenters. The van der Waals surface area contributed by atoms with Crippen molar-refractivity contribution < 1.29 is 18.7 Å². The summed E-state index contributed by atoms with van der Waals surface area (Å²) >= 11 is 0. The van der Waals surface area contributed by atoms with Gasteiger partial charge in [0.2, 0.25) is 0 Å². The predicted molar refractivity (Wildman–Crippen MR) is 137 cm³/mol. The molecular weight excluding hydrogens is 457 g/mol. The number of piperidine rings is 1. The lowest BCUT2D eigenvalue weighted by molar-refractivity contribution is 0.0421. The van der Waals surface area contributed by atoms with Crippen LogP contribution < -0.4 is 10.6 Å². The van der Waals surface area contributed by atoms with Crippen molar-refractivity contribution in [1.82, 2.24) is 10.2 Å². The zero-order chi connectivity index (χ0) is 25.1. The zero-order valence-electron chi connectivity index (χ0n) is 20.4. The molecule has 0 aromatic heterocycles. The maximum atomic E-state index is 15.7. The van der Waals surface area contributed by atoms with Crippen LogP contribution in [-0.4, -0.2) is 49.2 Å². The van der Waals surface area contributed by atoms with E-state index in [4.69, 9.17) is 11.2 Å². The molecule has 6 nitrogen and oxygen atoms in total. The second-order valence-electron chi connectivity index (χ2n) is 10.1. The van der Waals surface area contributed by atoms with Crippen LogP contribution in [0.4, 0.5) is 14.9 Å². The number of halogens is 1. The Morgan fingerprint density at radius 1 is 1.08 bits per heavy atom. The summed E-state index contributed by atoms with van der Waals surface area (Å²) in [6.45, 7) is 1.80. The van der Waals surface area contributed by atoms with E-state index in [1.165, 1.54) is 6.42 Å². The van der Waals surface area contributed by atoms with Gasteiger partial charge in [0.15, 0.2) is 0 Å². The van der Waals surface area contributed by atoms with Crippen molar-refractivity contribution in [2.75, 3.05) is 31.6 Å². The van der Waals surface area contributed by atoms with Crippen LogP contribution in [0.5, 0.6) is 0 Å². The number of likely N-dealkylation sites (tertiary alicyclic amines) is 1. The van der Waals surface area contributed by atoms with Gasteiger partial charge in [-0.05, 0) is 60.6 Å². The summed E-state index contributed by atoms with van der Waals surface area (Å²) in [5, 5.41) is 5.93. The summed E-state index contributed by atoms with van der Waals surface area (Å²) in [6.07, 6.45) is 9.98. The van der Waals surface area contributed by atoms with Crippen LogP contribution in [-0.2, 0) is 10.4 Å². The first-order valence-corrected chi connectivity index (χ1v) is 12.8. The number of rotatable bonds is 5. The first kappa shape index (κ1) is 24.3. The van der Waals surface area contributed by atoms with Gasteiger partial charge in [0, 0.05) is 49.4 Å². The highest BCUT2D eigenvalue weighted by atomic mass is 19.1. The van der Waals surface area contributed by atoms with Gasteiger partial charge < -0.3 is 20.3 Å². The fourth-order valence-electron chi connectivity index (χ4n) is 5.27. The number of carbonyl (C=O) groups excluding carboxylic acids is 2. The van der Waals surface area contributed by atoms with Crippen molar-refractivity contribution in [2.45, 2.75) is 56.2 Å². The number of amides is 3. The minimum Gasteiger partial charge on any atom is -0.379 e. The van der Waals surface area contributed by atoms with Crippen molar-refractivity contribution in [3.05, 3.63) is 64.7 Å². The highest BCUT2D eigenvalue weighted by molar-refractivity contribution is 5.97. The average Bonchev–Trinajstić information content (AvgIpc) is 3.37. The van der Waals surface area contributed by atoms with Crippen LogP contribution >= 0.6 is 0 Å². The SMILES string of the molecule is C#Cc1ccc(C2(F)CCN(C(=O)c3ccc(C4CCC4)c(NC(=O)NC4CCOC4)c3)CC2)cc1. The monoisotopic (exact) mass is 489 g/mol. The Labute approximate surface area is 211 Å². The average molecular weight is 490 g/mol. The van der Waals surface area contributed by atoms with Crippen molar-refractivity contribution in [1.29, 1.82) is 0 Å². The van der Waals surface area contributed by atoms with E-state index in [1.807, 2.05) is 12.1 Å². The van der Waals surface area contributed by atoms with Crippen molar-refractivity contribution in [3.63, 3.8) is 0 Å². The molecule has 188 valence electrons. The number of anilines is 1. The van der Waals surface area contributed by atoms with Gasteiger partial charge in [-0.2, -0.15) is 0 Å². The van der Waals surface area contributed by atoms with Crippen LogP contribution in [0, 0.1) is 12.3 Å². The largest absolute Gasteiger partial charge is 0.379 e. The second kappa shape index (κ2) is 10.3. The number of hydrogen-bond donors (Lipinski definition) is 2. The molecule has 2 N–H and O–H groups in total. The number of nitrogens with one attached hydrogen (secondary N) is 2. The van der Waals surface area contributed by atoms with E-state index in [1.54, 1.807) is 35.2 Å². The van der Waals surface area contributed by atoms with Crippen LogP contribution in [0.3, 0.4) is 0 Å². The third-order valence-corrected chi connectivity index (χ3v) is 7.77. The molecule has 0 radical (unpaired) electrons. The van der Waals surface area contributed by atoms with E-state index < -0.39 is 5.67 Å². The summed E-state index contributed by atoms with van der Waals surface area (Å²) in [4.78, 5) is 27.7. The highest BCUT2D eigenvalue weighted by Gasteiger charge is 2.38. The summed E-state index contributed by atoms with van der Waals surface area (Å²) in [5.41, 5.74) is 2.08. The number of ether oxygens (including phenoxy) is 1. The number of hydrogen-bond acceptors (Lipinski definition) is 3. The van der Waals surface area contributed by atoms with Crippen LogP contribution in [0.15, 0.2) is 42.5 Å². The zero-order valence-corrected chi connectivity index (χ0v) is 20.4. The van der Waals surface area contributed by atoms with E-state index in [0.717, 1.165) is 30.4 Å². The molecule has 3 aliphatic rings. The van der Waals surface area contributed by atoms with E-state index in [9.17, 15) is 9.59 Å². The number of alkyl halides is 1. The molecule has 3 fully saturated rings. The molecule has 0 bridgehead atoms. The molecule has 2 aromatic rings. The Morgan fingerprint density at radius 3 is 2.44 bits per heavy atom. The number of urea groups is 1. The first-order chi connectivity index (χ1) is 17.4. The van der Waals surface area contributed by atoms with E-state index >= 15 is 4.39 Å². The molecule has 1 saturated carbocycles. The Morgan fingerprint density at radius 2 is 1.83 bits per heavy atom. The van der Waals surface area contributed by atoms with Gasteiger partial charge >= 0.3 is 6.03 Å². The minimum absolute atomic E-state index is 0.000873. The molecular formula is C29H32FN3O3. The van der Waals surface area contributed by atoms with Gasteiger partial charge in [0.05, 0.1) is 12.6 Å². The standard InChI is InChI=1S/C29H32FN3O3/c1-2-20-6-9-23(10-7-20)29(30)13-15-33(16-14-29)27(34)22-8-11-25(21-4-3-5-21)26(18-22)32-28(35)31-24-12-17-36-19-24/h1,6-11,18,21,24H,3-5,12-17,19H2,(H2,31,32,35). The maximum absolute atomic E-state index is 15.7. The topological polar surface area (TPSA) is 70.7 Å². The second-order valence-corrected chi connectivity index (χ2v) is 10.1. The highest BCUT2D eigenvalue weighted by Crippen LogP contribution is 2.41. The van der Waals surface area contributed by atoms with E-state index in [2.05, 4.69) is 16.6 Å². The predicted octanol–water partition coefficient (Wildman–Crippen LogP) is 4.95. The van der Waals surface area contributed by atoms with Gasteiger partial charge in [-0.15, -0.1) is 6.42 Å². The third-order valence-electron chi connectivity index (χ3n) is 7.77. The number of terminal acetylenes is 1. The van der Waals surface area contributed by atoms with E-state index in [0.29, 0.717) is 49.0 Å². The molecule has 1 aliphatic carbocycles. The number of benzene rings is 2. The van der Waals surface area contributed by atoms with Crippen molar-refractivity contribution in [3.8, 4) is 12.3 Å². The summed E-state index contributed by atoms with van der Waals surface area (Å²) in [6, 6.07) is 12.3. The lowest BCUT2D eigenvalue weighted by atomic mass is 9.79. The summed E-state index contributed by atoms with van der Waals surface area (Å²) in [7, 11) is 0. The van der Waals surface area contributed by atoms with Crippen LogP contribution in [0.1, 0.15) is 71.5 Å². The van der Waals surface area contributed by atoms with Gasteiger partial charge in [-0.1, -0.05) is 30.5 Å². The summed E-state index contributed by atoms with van der Waals surface area (Å²) in [5.74, 6) is 2.80. The van der Waals surface area contributed by atoms with Gasteiger partial charge in [0.1, 0.15) is 5.67 Å². The Kier molecular flexibility index (Phi) is 6.97. The lowest BCUT2D eigenvalue weighted by Crippen LogP contribution is -2.43. The molecule has 2 saturated heterocycles. The van der Waals surface area contributed by atoms with Crippen molar-refractivity contribution >= 4 is 17.6 Å². The Bertz CT molecular complexity index is 1160. The molecule has 3 amide bonds. The fraction of sp³-hybridized carbons (Fsp3) is 0.448. The fourth-order valence-corrected chi connectivity index (χ4v) is 5.27. The van der Waals surface area contributed by atoms with Crippen LogP contribution in [0.2, 0.25) is 0 Å². The quantitative estimate of drug-likeness (QED) is 0.584. The number of nitrogens with zero attached hydrogens (tertiary/aromatic N) is 1. The molecule has 7 heteroatoms. The molecule has 2 aromatic carbocycles. The number of carbonyl (C=O) groups is 2. The molecule has 1 unspecified atom stereocenters. The Balaban J connectivity index is 1.27. The first-order valence-electron chi connectivity index (χ1n) is 12.8. The maximum Gasteiger partial charge on any atom is 0.319 e. The van der Waals surface area contributed by atoms with Crippen LogP contribution in [0.25, 0.3) is 0 Å².